The first-order valence-electron chi connectivity index (χ1n) is 11.6. The van der Waals surface area contributed by atoms with Gasteiger partial charge in [0.05, 0.1) is 39.9 Å². The highest BCUT2D eigenvalue weighted by molar-refractivity contribution is 7.85. The average Bonchev–Trinajstić information content (AvgIpc) is 2.84. The van der Waals surface area contributed by atoms with Gasteiger partial charge in [-0.3, -0.25) is 14.2 Å². The molecule has 5 rings (SSSR count). The fourth-order valence-corrected chi connectivity index (χ4v) is 3.71. The molecule has 0 spiro atoms. The van der Waals surface area contributed by atoms with Crippen LogP contribution in [0.2, 0.25) is 0 Å². The van der Waals surface area contributed by atoms with Gasteiger partial charge in [0, 0.05) is 39.4 Å². The molecule has 0 amide bonds. The Kier molecular flexibility index (Phi) is 10.7. The summed E-state index contributed by atoms with van der Waals surface area (Å²) in [4.78, 5) is 25.5. The van der Waals surface area contributed by atoms with E-state index in [0.29, 0.717) is 34.3 Å². The second kappa shape index (κ2) is 13.1. The van der Waals surface area contributed by atoms with Gasteiger partial charge in [0.2, 0.25) is 0 Å². The third kappa shape index (κ3) is 8.54. The van der Waals surface area contributed by atoms with E-state index in [9.17, 15) is 14.7 Å². The first-order valence-corrected chi connectivity index (χ1v) is 15.2. The zero-order valence-corrected chi connectivity index (χ0v) is 23.2. The molecule has 3 aromatic carbocycles. The summed E-state index contributed by atoms with van der Waals surface area (Å²) in [5, 5.41) is 13.4. The fraction of sp³-hybridized carbons (Fsp3) is 0.280. The predicted octanol–water partition coefficient (Wildman–Crippen LogP) is 0.806. The first-order chi connectivity index (χ1) is 18.1. The minimum atomic E-state index is -3.92. The van der Waals surface area contributed by atoms with Crippen LogP contribution in [0.25, 0.3) is 43.5 Å². The number of fused-ring (bicyclic) bond motifs is 2. The van der Waals surface area contributed by atoms with Gasteiger partial charge >= 0.3 is 0 Å². The molecule has 5 aromatic rings. The number of hydrogen-bond donors (Lipinski definition) is 2. The number of aromatic nitrogens is 1. The van der Waals surface area contributed by atoms with E-state index in [4.69, 9.17) is 30.4 Å². The van der Waals surface area contributed by atoms with Crippen LogP contribution in [0.3, 0.4) is 0 Å². The van der Waals surface area contributed by atoms with Crippen molar-refractivity contribution in [3.8, 4) is 0 Å². The molecule has 2 heterocycles. The Hall–Kier alpha value is -3.40. The predicted molar refractivity (Wildman–Crippen MR) is 147 cm³/mol. The summed E-state index contributed by atoms with van der Waals surface area (Å²) in [6.07, 6.45) is 2.42. The highest BCUT2D eigenvalue weighted by Crippen LogP contribution is 2.36. The van der Waals surface area contributed by atoms with E-state index in [-0.39, 0.29) is 24.3 Å². The number of aliphatic hydroxyl groups is 1. The van der Waals surface area contributed by atoms with Gasteiger partial charge in [-0.1, -0.05) is 31.2 Å². The molecule has 2 aromatic heterocycles. The Morgan fingerprint density at radius 1 is 0.795 bits per heavy atom. The zero-order chi connectivity index (χ0) is 29.5. The van der Waals surface area contributed by atoms with Crippen LogP contribution in [0.1, 0.15) is 13.3 Å². The lowest BCUT2D eigenvalue weighted by atomic mass is 9.96. The van der Waals surface area contributed by atoms with Crippen LogP contribution in [-0.2, 0) is 26.8 Å². The molecule has 12 nitrogen and oxygen atoms in total. The average molecular weight is 582 g/mol. The molecule has 39 heavy (non-hydrogen) atoms. The number of para-hydroxylation sites is 1. The van der Waals surface area contributed by atoms with E-state index in [2.05, 4.69) is 12.7 Å². The lowest BCUT2D eigenvalue weighted by molar-refractivity contribution is -0.367. The van der Waals surface area contributed by atoms with E-state index in [0.717, 1.165) is 32.9 Å². The lowest BCUT2D eigenvalue weighted by Crippen LogP contribution is -2.49. The van der Waals surface area contributed by atoms with Gasteiger partial charge in [-0.25, -0.2) is 16.8 Å². The lowest BCUT2D eigenvalue weighted by Gasteiger charge is -2.13. The van der Waals surface area contributed by atoms with Crippen LogP contribution in [0.4, 0.5) is 0 Å². The van der Waals surface area contributed by atoms with E-state index >= 15 is 0 Å². The molecule has 0 aliphatic heterocycles. The van der Waals surface area contributed by atoms with Crippen LogP contribution in [0, 0.1) is 0 Å². The van der Waals surface area contributed by atoms with Gasteiger partial charge in [-0.05, 0) is 36.1 Å². The number of quaternary nitrogens is 1. The minimum absolute atomic E-state index is 0.0125. The molecule has 0 saturated heterocycles. The third-order valence-electron chi connectivity index (χ3n) is 5.15. The number of pyridine rings is 1. The van der Waals surface area contributed by atoms with Crippen molar-refractivity contribution in [3.63, 3.8) is 0 Å². The summed E-state index contributed by atoms with van der Waals surface area (Å²) in [6.45, 7) is 2.91. The molecular weight excluding hydrogens is 552 g/mol. The van der Waals surface area contributed by atoms with Gasteiger partial charge in [-0.2, -0.15) is 0 Å². The second-order valence-corrected chi connectivity index (χ2v) is 11.2. The number of rotatable bonds is 3. The molecular formula is C25H29N2O10S2-. The van der Waals surface area contributed by atoms with Crippen molar-refractivity contribution in [2.24, 2.45) is 0 Å². The first kappa shape index (κ1) is 31.8. The summed E-state index contributed by atoms with van der Waals surface area (Å²) in [7, 11) is -7.83. The summed E-state index contributed by atoms with van der Waals surface area (Å²) in [5.74, 6) is 0. The molecule has 0 unspecified atom stereocenters. The largest absolute Gasteiger partial charge is 0.748 e. The van der Waals surface area contributed by atoms with Crippen molar-refractivity contribution >= 4 is 63.7 Å². The number of nitrogens with zero attached hydrogens (tertiary/aromatic N) is 1. The zero-order valence-electron chi connectivity index (χ0n) is 21.5. The van der Waals surface area contributed by atoms with Crippen molar-refractivity contribution in [2.75, 3.05) is 25.7 Å². The van der Waals surface area contributed by atoms with Crippen molar-refractivity contribution < 1.29 is 41.2 Å². The Labute approximate surface area is 224 Å². The second-order valence-electron chi connectivity index (χ2n) is 8.37. The van der Waals surface area contributed by atoms with E-state index < -0.39 is 20.2 Å². The van der Waals surface area contributed by atoms with E-state index in [1.165, 1.54) is 6.42 Å². The Balaban J connectivity index is 0.000000319. The molecule has 212 valence electrons. The minimum Gasteiger partial charge on any atom is -0.748 e. The van der Waals surface area contributed by atoms with Gasteiger partial charge in [0.15, 0.2) is 0 Å². The summed E-state index contributed by atoms with van der Waals surface area (Å²) < 4.78 is 61.5. The quantitative estimate of drug-likeness (QED) is 0.174. The topological polar surface area (TPSA) is 214 Å². The Morgan fingerprint density at radius 2 is 1.26 bits per heavy atom. The summed E-state index contributed by atoms with van der Waals surface area (Å²) in [6, 6.07) is 14.8. The molecule has 0 aliphatic rings. The SMILES string of the molecule is CCC[NH3+].CS(=O)(=O)[O-].CS(=O)(=O)[O-].O=c1c2ccc3oc4ccccc4c4ccc(c(=O)n1CCO)c2c34. The van der Waals surface area contributed by atoms with Crippen LogP contribution >= 0.6 is 0 Å². The monoisotopic (exact) mass is 581 g/mol. The van der Waals surface area contributed by atoms with E-state index in [1.807, 2.05) is 30.3 Å². The molecule has 0 aliphatic carbocycles. The van der Waals surface area contributed by atoms with E-state index in [1.54, 1.807) is 18.2 Å². The van der Waals surface area contributed by atoms with Gasteiger partial charge < -0.3 is 24.4 Å². The van der Waals surface area contributed by atoms with Crippen molar-refractivity contribution in [2.45, 2.75) is 19.9 Å². The maximum Gasteiger partial charge on any atom is 0.261 e. The summed E-state index contributed by atoms with van der Waals surface area (Å²) >= 11 is 0. The number of benzene rings is 3. The molecule has 0 radical (unpaired) electrons. The molecule has 14 heteroatoms. The van der Waals surface area contributed by atoms with Crippen LogP contribution in [0.15, 0.2) is 62.5 Å². The van der Waals surface area contributed by atoms with Gasteiger partial charge in [-0.15, -0.1) is 0 Å². The maximum atomic E-state index is 12.7. The summed E-state index contributed by atoms with van der Waals surface area (Å²) in [5.41, 5.74) is 4.25. The fourth-order valence-electron chi connectivity index (χ4n) is 3.71. The highest BCUT2D eigenvalue weighted by Gasteiger charge is 2.18. The molecule has 0 atom stereocenters. The van der Waals surface area contributed by atoms with Crippen molar-refractivity contribution in [1.82, 2.24) is 4.57 Å². The number of hydrogen-bond acceptors (Lipinski definition) is 10. The normalized spacial score (nSPS) is 11.5. The van der Waals surface area contributed by atoms with Crippen LogP contribution in [0.5, 0.6) is 0 Å². The van der Waals surface area contributed by atoms with Crippen molar-refractivity contribution in [3.05, 3.63) is 69.2 Å². The number of aliphatic hydroxyl groups excluding tert-OH is 1. The van der Waals surface area contributed by atoms with Crippen molar-refractivity contribution in [1.29, 1.82) is 0 Å². The molecule has 0 saturated carbocycles. The standard InChI is InChI=1S/C20H13NO4.C3H9N.2CH4O3S/c22-10-9-21-19(23)13-6-5-12-11-3-1-2-4-15(11)25-16-8-7-14(20(21)24)17(13)18(12)16;1-2-3-4;2*1-5(2,3)4/h1-8,22H,9-10H2;2-4H2,1H3;2*1H3,(H,2,3,4)/p-1. The molecule has 0 fully saturated rings. The maximum absolute atomic E-state index is 12.7. The van der Waals surface area contributed by atoms with Gasteiger partial charge in [0.1, 0.15) is 11.2 Å². The smallest absolute Gasteiger partial charge is 0.261 e. The third-order valence-corrected chi connectivity index (χ3v) is 5.15. The molecule has 4 N–H and O–H groups in total. The Morgan fingerprint density at radius 3 is 1.74 bits per heavy atom. The Bertz CT molecular complexity index is 1830. The highest BCUT2D eigenvalue weighted by atomic mass is 32.2. The molecule has 0 bridgehead atoms. The van der Waals surface area contributed by atoms with Crippen LogP contribution < -0.4 is 16.9 Å². The van der Waals surface area contributed by atoms with Gasteiger partial charge in [0.25, 0.3) is 11.1 Å². The van der Waals surface area contributed by atoms with Crippen LogP contribution in [-0.4, -0.2) is 61.3 Å².